The molecule has 4 heterocycles. The van der Waals surface area contributed by atoms with E-state index in [9.17, 15) is 22.4 Å². The molecule has 0 radical (unpaired) electrons. The number of alkyl halides is 4. The number of hydrogen-bond acceptors (Lipinski definition) is 5. The second kappa shape index (κ2) is 11.8. The van der Waals surface area contributed by atoms with Crippen molar-refractivity contribution in [3.05, 3.63) is 69.9 Å². The van der Waals surface area contributed by atoms with E-state index >= 15 is 0 Å². The molecule has 7 rings (SSSR count). The second-order valence-electron chi connectivity index (χ2n) is 14.2. The first-order valence-corrected chi connectivity index (χ1v) is 16.6. The maximum atomic E-state index is 14.3. The van der Waals surface area contributed by atoms with Crippen LogP contribution in [0.5, 0.6) is 0 Å². The number of pyridine rings is 1. The number of halogens is 4. The molecule has 3 aromatic rings. The van der Waals surface area contributed by atoms with Gasteiger partial charge in [-0.05, 0) is 80.3 Å². The van der Waals surface area contributed by atoms with Crippen LogP contribution in [0.15, 0.2) is 47.5 Å². The van der Waals surface area contributed by atoms with Crippen molar-refractivity contribution in [3.63, 3.8) is 0 Å². The zero-order valence-corrected chi connectivity index (χ0v) is 26.1. The second-order valence-corrected chi connectivity index (χ2v) is 14.2. The van der Waals surface area contributed by atoms with E-state index in [2.05, 4.69) is 35.8 Å². The molecule has 11 heteroatoms. The molecule has 7 nitrogen and oxygen atoms in total. The van der Waals surface area contributed by atoms with Crippen LogP contribution in [-0.4, -0.2) is 57.4 Å². The minimum Gasteiger partial charge on any atom is -0.296 e. The molecule has 244 valence electrons. The van der Waals surface area contributed by atoms with Gasteiger partial charge in [0.05, 0.1) is 29.1 Å². The summed E-state index contributed by atoms with van der Waals surface area (Å²) in [6, 6.07) is 8.88. The predicted octanol–water partition coefficient (Wildman–Crippen LogP) is 5.98. The molecule has 2 aliphatic heterocycles. The van der Waals surface area contributed by atoms with E-state index in [0.717, 1.165) is 28.9 Å². The molecule has 1 aromatic carbocycles. The van der Waals surface area contributed by atoms with Crippen molar-refractivity contribution in [1.82, 2.24) is 29.6 Å². The molecule has 0 amide bonds. The van der Waals surface area contributed by atoms with Crippen molar-refractivity contribution in [2.75, 3.05) is 20.1 Å². The van der Waals surface area contributed by atoms with Crippen LogP contribution in [0.1, 0.15) is 81.4 Å². The van der Waals surface area contributed by atoms with Gasteiger partial charge in [-0.2, -0.15) is 13.2 Å². The van der Waals surface area contributed by atoms with Crippen LogP contribution in [0.4, 0.5) is 17.6 Å². The zero-order valence-electron chi connectivity index (χ0n) is 26.1. The van der Waals surface area contributed by atoms with Gasteiger partial charge in [-0.25, -0.2) is 20.0 Å². The summed E-state index contributed by atoms with van der Waals surface area (Å²) in [5.74, 6) is 1.12. The van der Waals surface area contributed by atoms with Gasteiger partial charge in [0.25, 0.3) is 0 Å². The summed E-state index contributed by atoms with van der Waals surface area (Å²) in [6.07, 6.45) is 7.33. The highest BCUT2D eigenvalue weighted by molar-refractivity contribution is 5.58. The van der Waals surface area contributed by atoms with Gasteiger partial charge in [0.1, 0.15) is 6.17 Å². The Morgan fingerprint density at radius 1 is 1.00 bits per heavy atom. The molecule has 0 bridgehead atoms. The van der Waals surface area contributed by atoms with Crippen LogP contribution in [0.25, 0.3) is 11.2 Å². The molecule has 2 unspecified atom stereocenters. The smallest absolute Gasteiger partial charge is 0.296 e. The van der Waals surface area contributed by atoms with Crippen molar-refractivity contribution in [3.8, 4) is 5.69 Å². The van der Waals surface area contributed by atoms with E-state index in [1.54, 1.807) is 11.0 Å². The Labute approximate surface area is 261 Å². The predicted molar refractivity (Wildman–Crippen MR) is 166 cm³/mol. The molecule has 2 aliphatic carbocycles. The number of rotatable bonds is 6. The maximum Gasteiger partial charge on any atom is 0.418 e. The number of imidazole rings is 1. The first-order valence-electron chi connectivity index (χ1n) is 16.6. The summed E-state index contributed by atoms with van der Waals surface area (Å²) in [7, 11) is 2.19. The number of likely N-dealkylation sites (tertiary alicyclic amines) is 1. The van der Waals surface area contributed by atoms with E-state index in [0.29, 0.717) is 36.1 Å². The number of hydrogen-bond donors (Lipinski definition) is 2. The summed E-state index contributed by atoms with van der Waals surface area (Å²) in [6.45, 7) is 3.07. The molecule has 0 spiro atoms. The fourth-order valence-corrected chi connectivity index (χ4v) is 8.83. The molecule has 4 fully saturated rings. The van der Waals surface area contributed by atoms with Gasteiger partial charge in [0, 0.05) is 37.4 Å². The number of fused-ring (bicyclic) bond motifs is 1. The van der Waals surface area contributed by atoms with Crippen LogP contribution in [0, 0.1) is 11.8 Å². The fraction of sp³-hybridized carbons (Fsp3) is 0.618. The summed E-state index contributed by atoms with van der Waals surface area (Å²) in [5, 5.41) is 0. The van der Waals surface area contributed by atoms with Crippen LogP contribution in [0.2, 0.25) is 0 Å². The number of aromatic nitrogens is 2. The van der Waals surface area contributed by atoms with Crippen LogP contribution >= 0.6 is 0 Å². The number of benzene rings is 1. The Bertz CT molecular complexity index is 1590. The molecule has 2 N–H and O–H groups in total. The Morgan fingerprint density at radius 3 is 2.42 bits per heavy atom. The van der Waals surface area contributed by atoms with Gasteiger partial charge in [-0.15, -0.1) is 0 Å². The maximum absolute atomic E-state index is 14.3. The third-order valence-electron chi connectivity index (χ3n) is 11.0. The van der Waals surface area contributed by atoms with Crippen molar-refractivity contribution in [2.24, 2.45) is 11.8 Å². The molecule has 2 saturated heterocycles. The van der Waals surface area contributed by atoms with E-state index in [4.69, 9.17) is 0 Å². The Balaban J connectivity index is 1.23. The molecule has 3 atom stereocenters. The molecule has 2 saturated carbocycles. The number of likely N-dealkylation sites (N-methyl/N-ethyl adjacent to an activating group) is 1. The van der Waals surface area contributed by atoms with E-state index < -0.39 is 23.6 Å². The van der Waals surface area contributed by atoms with E-state index in [1.807, 2.05) is 12.1 Å². The lowest BCUT2D eigenvalue weighted by molar-refractivity contribution is -0.136. The summed E-state index contributed by atoms with van der Waals surface area (Å²) in [4.78, 5) is 18.0. The topological polar surface area (TPSA) is 57.0 Å². The molecular formula is C34H44F4N6O. The number of nitrogens with zero attached hydrogens (tertiary/aromatic N) is 4. The minimum absolute atomic E-state index is 0.0518. The van der Waals surface area contributed by atoms with Gasteiger partial charge in [0.2, 0.25) is 0 Å². The van der Waals surface area contributed by atoms with Crippen LogP contribution < -0.4 is 16.5 Å². The highest BCUT2D eigenvalue weighted by atomic mass is 19.4. The monoisotopic (exact) mass is 628 g/mol. The van der Waals surface area contributed by atoms with Gasteiger partial charge in [0.15, 0.2) is 0 Å². The van der Waals surface area contributed by atoms with E-state index in [-0.39, 0.29) is 36.4 Å². The fourth-order valence-electron chi connectivity index (χ4n) is 8.83. The Morgan fingerprint density at radius 2 is 1.76 bits per heavy atom. The van der Waals surface area contributed by atoms with Crippen molar-refractivity contribution >= 4 is 5.52 Å². The lowest BCUT2D eigenvalue weighted by Gasteiger charge is -2.52. The van der Waals surface area contributed by atoms with Crippen LogP contribution in [0.3, 0.4) is 0 Å². The quantitative estimate of drug-likeness (QED) is 0.260. The van der Waals surface area contributed by atoms with Crippen LogP contribution in [-0.2, 0) is 18.1 Å². The lowest BCUT2D eigenvalue weighted by Crippen LogP contribution is -2.59. The molecule has 45 heavy (non-hydrogen) atoms. The van der Waals surface area contributed by atoms with Crippen molar-refractivity contribution < 1.29 is 17.6 Å². The van der Waals surface area contributed by atoms with Crippen molar-refractivity contribution in [1.29, 1.82) is 0 Å². The zero-order chi connectivity index (χ0) is 31.5. The lowest BCUT2D eigenvalue weighted by atomic mass is 9.57. The molecular weight excluding hydrogens is 584 g/mol. The largest absolute Gasteiger partial charge is 0.418 e. The Kier molecular flexibility index (Phi) is 8.11. The van der Waals surface area contributed by atoms with Gasteiger partial charge in [-0.1, -0.05) is 44.7 Å². The summed E-state index contributed by atoms with van der Waals surface area (Å²) in [5.41, 5.74) is 7.43. The Hall–Kier alpha value is -2.73. The van der Waals surface area contributed by atoms with Gasteiger partial charge >= 0.3 is 11.9 Å². The highest BCUT2D eigenvalue weighted by Crippen LogP contribution is 2.52. The summed E-state index contributed by atoms with van der Waals surface area (Å²) >= 11 is 0. The minimum atomic E-state index is -4.65. The van der Waals surface area contributed by atoms with E-state index in [1.165, 1.54) is 55.5 Å². The first kappa shape index (κ1) is 30.9. The highest BCUT2D eigenvalue weighted by Gasteiger charge is 2.54. The third-order valence-corrected chi connectivity index (χ3v) is 11.0. The third kappa shape index (κ3) is 5.64. The summed E-state index contributed by atoms with van der Waals surface area (Å²) < 4.78 is 59.1. The molecule has 4 aliphatic rings. The normalized spacial score (nSPS) is 30.6. The first-order chi connectivity index (χ1) is 21.5. The van der Waals surface area contributed by atoms with Crippen molar-refractivity contribution in [2.45, 2.75) is 101 Å². The van der Waals surface area contributed by atoms with Gasteiger partial charge < -0.3 is 0 Å². The standard InChI is InChI=1S/C34H44F4N6O/c1-22-16-33(17-22,31-40-39-30(41(31)2)24-8-5-3-4-6-9-24)25-10-7-11-27(15-25)43-21-29-28(34(36,37)38)14-23(19-44(29)32(43)45)18-42-13-12-26(35)20-42/h7,10-11,14-15,19,21-22,24,26,30-31,39-40H,3-6,8-9,12-13,16-18,20H2,1-2H3/t22?,26-,30?,31?,33?/m0/s1. The SMILES string of the molecule is CC1CC(c2cccc(-n3cc4c(C(F)(F)F)cc(CN5CC[C@H](F)C5)cn4c3=O)c2)(C2NNC(C3CCCCCC3)N2C)C1. The van der Waals surface area contributed by atoms with Gasteiger partial charge in [-0.3, -0.25) is 18.8 Å². The average molecular weight is 629 g/mol. The number of nitrogens with one attached hydrogen (secondary N) is 2. The number of hydrazine groups is 1. The molecule has 2 aromatic heterocycles. The average Bonchev–Trinajstić information content (AvgIpc) is 3.59.